The molecule has 0 saturated heterocycles. The Kier molecular flexibility index (Phi) is 55.7. The standard InChI is InChI=1S/C67H130O17P2/c1-57(2)43-35-27-19-13-9-11-15-23-33-41-49-66(71)83-62(53-77-64(69)47-39-31-22-18-17-21-29-37-45-59(5)6)55-81-85(73,74)79-51-61(68)52-80-86(75,76)82-56-63(54-78-65(70)48-40-32-26-25-30-38-46-60(7)8)84-67(72)50-42-34-24-16-12-10-14-20-28-36-44-58(3)4/h57-63,68H,9-56H2,1-8H3,(H,73,74)(H,75,76)/t61?,62-,63-/m1/s1. The summed E-state index contributed by atoms with van der Waals surface area (Å²) in [7, 11) is -9.90. The highest BCUT2D eigenvalue weighted by atomic mass is 31.2. The largest absolute Gasteiger partial charge is 0.472 e. The number of hydrogen-bond donors (Lipinski definition) is 3. The SMILES string of the molecule is CC(C)CCCCCCCCCCCCC(=O)O[C@H](COC(=O)CCCCCCCCCCC(C)C)COP(=O)(O)OCC(O)COP(=O)(O)OC[C@@H](COC(=O)CCCCCCCCC(C)C)OC(=O)CCCCCCCCCCCCC(C)C. The number of unbranched alkanes of at least 4 members (excludes halogenated alkanes) is 30. The van der Waals surface area contributed by atoms with Crippen molar-refractivity contribution in [3.05, 3.63) is 0 Å². The van der Waals surface area contributed by atoms with E-state index in [-0.39, 0.29) is 25.7 Å². The summed E-state index contributed by atoms with van der Waals surface area (Å²) in [4.78, 5) is 72.4. The molecule has 0 bridgehead atoms. The first-order valence-corrected chi connectivity index (χ1v) is 37.7. The molecule has 3 N–H and O–H groups in total. The summed E-state index contributed by atoms with van der Waals surface area (Å²) in [6.45, 7) is 14.0. The first kappa shape index (κ1) is 84.1. The molecule has 0 heterocycles. The molecule has 510 valence electrons. The van der Waals surface area contributed by atoms with Crippen LogP contribution in [0.4, 0.5) is 0 Å². The third-order valence-corrected chi connectivity index (χ3v) is 17.2. The van der Waals surface area contributed by atoms with Gasteiger partial charge in [0, 0.05) is 25.7 Å². The Bertz CT molecular complexity index is 1710. The van der Waals surface area contributed by atoms with Gasteiger partial charge in [0.05, 0.1) is 26.4 Å². The fourth-order valence-electron chi connectivity index (χ4n) is 9.96. The first-order valence-electron chi connectivity index (χ1n) is 34.7. The van der Waals surface area contributed by atoms with E-state index in [1.54, 1.807) is 0 Å². The summed E-state index contributed by atoms with van der Waals surface area (Å²) in [5, 5.41) is 10.6. The number of esters is 4. The van der Waals surface area contributed by atoms with E-state index in [0.717, 1.165) is 114 Å². The van der Waals surface area contributed by atoms with Gasteiger partial charge in [-0.05, 0) is 49.4 Å². The Balaban J connectivity index is 5.25. The van der Waals surface area contributed by atoms with E-state index >= 15 is 0 Å². The van der Waals surface area contributed by atoms with Crippen LogP contribution in [0.1, 0.15) is 325 Å². The number of carbonyl (C=O) groups excluding carboxylic acids is 4. The number of phosphoric ester groups is 2. The Hall–Kier alpha value is -1.94. The number of ether oxygens (including phenoxy) is 4. The van der Waals surface area contributed by atoms with Crippen molar-refractivity contribution < 1.29 is 80.2 Å². The van der Waals surface area contributed by atoms with E-state index in [0.29, 0.717) is 31.6 Å². The lowest BCUT2D eigenvalue weighted by molar-refractivity contribution is -0.161. The number of phosphoric acid groups is 2. The summed E-state index contributed by atoms with van der Waals surface area (Å²) in [5.41, 5.74) is 0. The van der Waals surface area contributed by atoms with Crippen molar-refractivity contribution >= 4 is 39.5 Å². The van der Waals surface area contributed by atoms with Crippen molar-refractivity contribution in [1.82, 2.24) is 0 Å². The van der Waals surface area contributed by atoms with Gasteiger partial charge >= 0.3 is 39.5 Å². The maximum atomic E-state index is 13.0. The summed E-state index contributed by atoms with van der Waals surface area (Å²) in [6, 6.07) is 0. The molecule has 0 amide bonds. The molecule has 3 unspecified atom stereocenters. The van der Waals surface area contributed by atoms with Crippen LogP contribution in [0.3, 0.4) is 0 Å². The second kappa shape index (κ2) is 57.0. The van der Waals surface area contributed by atoms with E-state index in [9.17, 15) is 43.2 Å². The minimum Gasteiger partial charge on any atom is -0.462 e. The lowest BCUT2D eigenvalue weighted by atomic mass is 10.0. The van der Waals surface area contributed by atoms with Crippen LogP contribution >= 0.6 is 15.6 Å². The molecule has 0 aromatic carbocycles. The zero-order valence-electron chi connectivity index (χ0n) is 55.9. The average molecular weight is 1270 g/mol. The predicted molar refractivity (Wildman–Crippen MR) is 344 cm³/mol. The first-order chi connectivity index (χ1) is 41.1. The minimum atomic E-state index is -4.95. The third-order valence-electron chi connectivity index (χ3n) is 15.3. The van der Waals surface area contributed by atoms with Crippen molar-refractivity contribution in [2.75, 3.05) is 39.6 Å². The normalized spacial score (nSPS) is 14.4. The highest BCUT2D eigenvalue weighted by molar-refractivity contribution is 7.47. The van der Waals surface area contributed by atoms with Crippen molar-refractivity contribution in [3.8, 4) is 0 Å². The van der Waals surface area contributed by atoms with Crippen LogP contribution < -0.4 is 0 Å². The molecule has 0 rings (SSSR count). The lowest BCUT2D eigenvalue weighted by Gasteiger charge is -2.21. The maximum absolute atomic E-state index is 13.0. The van der Waals surface area contributed by atoms with Crippen LogP contribution in [0.25, 0.3) is 0 Å². The van der Waals surface area contributed by atoms with Crippen LogP contribution in [0, 0.1) is 23.7 Å². The van der Waals surface area contributed by atoms with Crippen molar-refractivity contribution in [1.29, 1.82) is 0 Å². The predicted octanol–water partition coefficient (Wildman–Crippen LogP) is 18.5. The van der Waals surface area contributed by atoms with Gasteiger partial charge in [-0.3, -0.25) is 37.3 Å². The number of aliphatic hydroxyl groups is 1. The summed E-state index contributed by atoms with van der Waals surface area (Å²) < 4.78 is 68.1. The zero-order chi connectivity index (χ0) is 63.9. The van der Waals surface area contributed by atoms with Gasteiger partial charge < -0.3 is 33.8 Å². The summed E-state index contributed by atoms with van der Waals surface area (Å²) in [5.74, 6) is 0.774. The molecule has 5 atom stereocenters. The molecule has 0 aromatic heterocycles. The Morgan fingerprint density at radius 3 is 0.721 bits per heavy atom. The molecule has 0 fully saturated rings. The number of hydrogen-bond acceptors (Lipinski definition) is 15. The number of rotatable bonds is 64. The van der Waals surface area contributed by atoms with Gasteiger partial charge in [-0.1, -0.05) is 274 Å². The van der Waals surface area contributed by atoms with Crippen molar-refractivity contribution in [2.45, 2.75) is 343 Å². The second-order valence-electron chi connectivity index (χ2n) is 26.1. The smallest absolute Gasteiger partial charge is 0.462 e. The molecule has 0 aliphatic carbocycles. The average Bonchev–Trinajstić information content (AvgIpc) is 3.63. The van der Waals surface area contributed by atoms with Crippen molar-refractivity contribution in [2.24, 2.45) is 23.7 Å². The van der Waals surface area contributed by atoms with Crippen molar-refractivity contribution in [3.63, 3.8) is 0 Å². The molecule has 0 radical (unpaired) electrons. The number of carbonyl (C=O) groups is 4. The van der Waals surface area contributed by atoms with Gasteiger partial charge in [0.1, 0.15) is 19.3 Å². The molecule has 0 saturated carbocycles. The molecule has 86 heavy (non-hydrogen) atoms. The van der Waals surface area contributed by atoms with Crippen LogP contribution in [0.5, 0.6) is 0 Å². The Morgan fingerprint density at radius 2 is 0.488 bits per heavy atom. The van der Waals surface area contributed by atoms with Gasteiger partial charge in [-0.25, -0.2) is 9.13 Å². The Morgan fingerprint density at radius 1 is 0.291 bits per heavy atom. The van der Waals surface area contributed by atoms with E-state index in [1.165, 1.54) is 122 Å². The highest BCUT2D eigenvalue weighted by Gasteiger charge is 2.30. The second-order valence-corrected chi connectivity index (χ2v) is 29.0. The monoisotopic (exact) mass is 1270 g/mol. The van der Waals surface area contributed by atoms with Gasteiger partial charge in [0.25, 0.3) is 0 Å². The van der Waals surface area contributed by atoms with Gasteiger partial charge in [-0.15, -0.1) is 0 Å². The topological polar surface area (TPSA) is 237 Å². The Labute approximate surface area is 524 Å². The van der Waals surface area contributed by atoms with Crippen LogP contribution in [0.15, 0.2) is 0 Å². The quantitative estimate of drug-likeness (QED) is 0.0222. The van der Waals surface area contributed by atoms with E-state index < -0.39 is 97.5 Å². The summed E-state index contributed by atoms with van der Waals surface area (Å²) >= 11 is 0. The molecule has 17 nitrogen and oxygen atoms in total. The van der Waals surface area contributed by atoms with E-state index in [1.807, 2.05) is 0 Å². The highest BCUT2D eigenvalue weighted by Crippen LogP contribution is 2.45. The van der Waals surface area contributed by atoms with Crippen LogP contribution in [-0.2, 0) is 65.4 Å². The van der Waals surface area contributed by atoms with Crippen LogP contribution in [-0.4, -0.2) is 96.7 Å². The fourth-order valence-corrected chi connectivity index (χ4v) is 11.5. The molecule has 0 aliphatic rings. The molecular formula is C67H130O17P2. The fraction of sp³-hybridized carbons (Fsp3) is 0.940. The maximum Gasteiger partial charge on any atom is 0.472 e. The summed E-state index contributed by atoms with van der Waals surface area (Å²) in [6.07, 6.45) is 37.7. The minimum absolute atomic E-state index is 0.104. The lowest BCUT2D eigenvalue weighted by Crippen LogP contribution is -2.30. The molecule has 0 spiro atoms. The van der Waals surface area contributed by atoms with Crippen LogP contribution in [0.2, 0.25) is 0 Å². The molecular weight excluding hydrogens is 1140 g/mol. The third kappa shape index (κ3) is 60.9. The van der Waals surface area contributed by atoms with Gasteiger partial charge in [0.15, 0.2) is 12.2 Å². The van der Waals surface area contributed by atoms with E-state index in [4.69, 9.17) is 37.0 Å². The van der Waals surface area contributed by atoms with Gasteiger partial charge in [0.2, 0.25) is 0 Å². The molecule has 0 aromatic rings. The van der Waals surface area contributed by atoms with E-state index in [2.05, 4.69) is 55.4 Å². The number of aliphatic hydroxyl groups excluding tert-OH is 1. The molecule has 0 aliphatic heterocycles. The van der Waals surface area contributed by atoms with Gasteiger partial charge in [-0.2, -0.15) is 0 Å². The molecule has 19 heteroatoms. The zero-order valence-corrected chi connectivity index (χ0v) is 57.7.